The molecule has 4 aromatic rings. The maximum absolute atomic E-state index is 12.1. The van der Waals surface area contributed by atoms with Crippen LogP contribution in [0.5, 0.6) is 5.75 Å². The summed E-state index contributed by atoms with van der Waals surface area (Å²) in [7, 11) is 0. The molecule has 3 aromatic carbocycles. The smallest absolute Gasteiger partial charge is 0.264 e. The van der Waals surface area contributed by atoms with E-state index in [-0.39, 0.29) is 12.5 Å². The molecule has 0 unspecified atom stereocenters. The fraction of sp³-hybridized carbons (Fsp3) is 0.100. The Hall–Kier alpha value is -2.92. The van der Waals surface area contributed by atoms with Gasteiger partial charge in [0.05, 0.1) is 10.2 Å². The maximum atomic E-state index is 12.1. The highest BCUT2D eigenvalue weighted by molar-refractivity contribution is 7.22. The molecule has 0 saturated carbocycles. The van der Waals surface area contributed by atoms with Crippen molar-refractivity contribution in [2.24, 2.45) is 0 Å². The molecule has 1 aromatic heterocycles. The van der Waals surface area contributed by atoms with Crippen LogP contribution in [0.15, 0.2) is 60.7 Å². The van der Waals surface area contributed by atoms with Crippen LogP contribution < -0.4 is 10.1 Å². The normalized spacial score (nSPS) is 10.9. The van der Waals surface area contributed by atoms with Gasteiger partial charge < -0.3 is 4.74 Å². The second-order valence-electron chi connectivity index (χ2n) is 5.84. The zero-order valence-electron chi connectivity index (χ0n) is 13.7. The standard InChI is InChI=1S/C20H16N2O2S/c1-13-6-9-17-18(10-13)25-20(21-17)22-19(23)12-24-16-8-7-14-4-2-3-5-15(14)11-16/h2-11H,12H2,1H3,(H,21,22,23). The number of hydrogen-bond donors (Lipinski definition) is 1. The Labute approximate surface area is 149 Å². The number of aryl methyl sites for hydroxylation is 1. The van der Waals surface area contributed by atoms with Gasteiger partial charge in [0, 0.05) is 0 Å². The third-order valence-electron chi connectivity index (χ3n) is 3.88. The van der Waals surface area contributed by atoms with E-state index in [4.69, 9.17) is 4.74 Å². The van der Waals surface area contributed by atoms with Crippen molar-refractivity contribution in [3.8, 4) is 5.75 Å². The number of nitrogens with one attached hydrogen (secondary N) is 1. The lowest BCUT2D eigenvalue weighted by Gasteiger charge is -2.07. The number of hydrogen-bond acceptors (Lipinski definition) is 4. The van der Waals surface area contributed by atoms with Crippen LogP contribution in [0.1, 0.15) is 5.56 Å². The number of amides is 1. The lowest BCUT2D eigenvalue weighted by atomic mass is 10.1. The number of carbonyl (C=O) groups excluding carboxylic acids is 1. The van der Waals surface area contributed by atoms with Crippen LogP contribution in [-0.2, 0) is 4.79 Å². The Morgan fingerprint density at radius 3 is 2.80 bits per heavy atom. The summed E-state index contributed by atoms with van der Waals surface area (Å²) in [5.74, 6) is 0.456. The fourth-order valence-corrected chi connectivity index (χ4v) is 3.63. The molecule has 0 spiro atoms. The molecule has 1 amide bonds. The summed E-state index contributed by atoms with van der Waals surface area (Å²) in [5, 5.41) is 5.62. The third-order valence-corrected chi connectivity index (χ3v) is 4.81. The van der Waals surface area contributed by atoms with E-state index in [0.717, 1.165) is 21.0 Å². The van der Waals surface area contributed by atoms with Crippen molar-refractivity contribution in [2.75, 3.05) is 11.9 Å². The predicted octanol–water partition coefficient (Wildman–Crippen LogP) is 4.78. The first-order valence-electron chi connectivity index (χ1n) is 7.96. The molecular formula is C20H16N2O2S. The average Bonchev–Trinajstić information content (AvgIpc) is 3.01. The molecule has 0 radical (unpaired) electrons. The molecule has 25 heavy (non-hydrogen) atoms. The Morgan fingerprint density at radius 2 is 1.92 bits per heavy atom. The molecule has 0 aliphatic rings. The molecule has 0 bridgehead atoms. The quantitative estimate of drug-likeness (QED) is 0.578. The molecule has 0 fully saturated rings. The van der Waals surface area contributed by atoms with Gasteiger partial charge >= 0.3 is 0 Å². The molecule has 4 nitrogen and oxygen atoms in total. The molecule has 5 heteroatoms. The highest BCUT2D eigenvalue weighted by Crippen LogP contribution is 2.26. The molecule has 0 saturated heterocycles. The van der Waals surface area contributed by atoms with Gasteiger partial charge in [-0.05, 0) is 47.5 Å². The number of carbonyl (C=O) groups is 1. The van der Waals surface area contributed by atoms with Gasteiger partial charge in [0.15, 0.2) is 11.7 Å². The Balaban J connectivity index is 1.42. The van der Waals surface area contributed by atoms with Crippen LogP contribution in [0.25, 0.3) is 21.0 Å². The first-order chi connectivity index (χ1) is 12.2. The molecule has 1 N–H and O–H groups in total. The van der Waals surface area contributed by atoms with Crippen molar-refractivity contribution >= 4 is 43.4 Å². The van der Waals surface area contributed by atoms with Crippen LogP contribution in [0, 0.1) is 6.92 Å². The van der Waals surface area contributed by atoms with Gasteiger partial charge in [0.2, 0.25) is 0 Å². The second kappa shape index (κ2) is 6.53. The van der Waals surface area contributed by atoms with Gasteiger partial charge in [-0.1, -0.05) is 47.7 Å². The first-order valence-corrected chi connectivity index (χ1v) is 8.78. The Morgan fingerprint density at radius 1 is 1.08 bits per heavy atom. The zero-order chi connectivity index (χ0) is 17.2. The number of benzene rings is 3. The maximum Gasteiger partial charge on any atom is 0.264 e. The number of nitrogens with zero attached hydrogens (tertiary/aromatic N) is 1. The molecule has 124 valence electrons. The Bertz CT molecular complexity index is 1070. The molecule has 0 aliphatic carbocycles. The summed E-state index contributed by atoms with van der Waals surface area (Å²) in [4.78, 5) is 16.5. The third kappa shape index (κ3) is 3.46. The minimum absolute atomic E-state index is 0.0483. The zero-order valence-corrected chi connectivity index (χ0v) is 14.5. The summed E-state index contributed by atoms with van der Waals surface area (Å²) in [5.41, 5.74) is 2.06. The lowest BCUT2D eigenvalue weighted by molar-refractivity contribution is -0.118. The minimum atomic E-state index is -0.219. The van der Waals surface area contributed by atoms with Crippen molar-refractivity contribution in [1.82, 2.24) is 4.98 Å². The highest BCUT2D eigenvalue weighted by Gasteiger charge is 2.09. The van der Waals surface area contributed by atoms with Crippen molar-refractivity contribution < 1.29 is 9.53 Å². The van der Waals surface area contributed by atoms with E-state index in [1.54, 1.807) is 0 Å². The van der Waals surface area contributed by atoms with Crippen LogP contribution in [0.3, 0.4) is 0 Å². The summed E-state index contributed by atoms with van der Waals surface area (Å²) in [6, 6.07) is 19.9. The molecule has 0 atom stereocenters. The summed E-state index contributed by atoms with van der Waals surface area (Å²) in [6.07, 6.45) is 0. The fourth-order valence-electron chi connectivity index (χ4n) is 2.65. The number of fused-ring (bicyclic) bond motifs is 2. The highest BCUT2D eigenvalue weighted by atomic mass is 32.1. The van der Waals surface area contributed by atoms with Crippen LogP contribution in [0.2, 0.25) is 0 Å². The van der Waals surface area contributed by atoms with E-state index < -0.39 is 0 Å². The number of rotatable bonds is 4. The topological polar surface area (TPSA) is 51.2 Å². The van der Waals surface area contributed by atoms with Crippen molar-refractivity contribution in [2.45, 2.75) is 6.92 Å². The molecule has 1 heterocycles. The summed E-state index contributed by atoms with van der Waals surface area (Å²) >= 11 is 1.46. The largest absolute Gasteiger partial charge is 0.484 e. The SMILES string of the molecule is Cc1ccc2nc(NC(=O)COc3ccc4ccccc4c3)sc2c1. The predicted molar refractivity (Wildman–Crippen MR) is 102 cm³/mol. The summed E-state index contributed by atoms with van der Waals surface area (Å²) in [6.45, 7) is 1.99. The molecule has 0 aliphatic heterocycles. The van der Waals surface area contributed by atoms with Gasteiger partial charge in [0.1, 0.15) is 5.75 Å². The number of ether oxygens (including phenoxy) is 1. The lowest BCUT2D eigenvalue weighted by Crippen LogP contribution is -2.19. The van der Waals surface area contributed by atoms with Gasteiger partial charge in [-0.25, -0.2) is 4.98 Å². The first kappa shape index (κ1) is 15.6. The van der Waals surface area contributed by atoms with E-state index in [1.807, 2.05) is 61.5 Å². The van der Waals surface area contributed by atoms with E-state index in [0.29, 0.717) is 10.9 Å². The van der Waals surface area contributed by atoms with Crippen LogP contribution in [-0.4, -0.2) is 17.5 Å². The molecule has 4 rings (SSSR count). The van der Waals surface area contributed by atoms with Crippen molar-refractivity contribution in [3.05, 3.63) is 66.2 Å². The van der Waals surface area contributed by atoms with Crippen LogP contribution >= 0.6 is 11.3 Å². The average molecular weight is 348 g/mol. The van der Waals surface area contributed by atoms with Gasteiger partial charge in [-0.2, -0.15) is 0 Å². The number of anilines is 1. The molecular weight excluding hydrogens is 332 g/mol. The van der Waals surface area contributed by atoms with E-state index in [9.17, 15) is 4.79 Å². The van der Waals surface area contributed by atoms with Crippen molar-refractivity contribution in [3.63, 3.8) is 0 Å². The van der Waals surface area contributed by atoms with E-state index in [2.05, 4.69) is 16.4 Å². The number of thiazole rings is 1. The van der Waals surface area contributed by atoms with E-state index >= 15 is 0 Å². The van der Waals surface area contributed by atoms with Crippen molar-refractivity contribution in [1.29, 1.82) is 0 Å². The van der Waals surface area contributed by atoms with Gasteiger partial charge in [-0.3, -0.25) is 10.1 Å². The monoisotopic (exact) mass is 348 g/mol. The van der Waals surface area contributed by atoms with E-state index in [1.165, 1.54) is 16.9 Å². The summed E-state index contributed by atoms with van der Waals surface area (Å²) < 4.78 is 6.67. The number of aromatic nitrogens is 1. The second-order valence-corrected chi connectivity index (χ2v) is 6.87. The van der Waals surface area contributed by atoms with Crippen LogP contribution in [0.4, 0.5) is 5.13 Å². The van der Waals surface area contributed by atoms with Gasteiger partial charge in [0.25, 0.3) is 5.91 Å². The Kier molecular flexibility index (Phi) is 4.07. The minimum Gasteiger partial charge on any atom is -0.484 e. The van der Waals surface area contributed by atoms with Gasteiger partial charge in [-0.15, -0.1) is 0 Å².